The second-order valence-corrected chi connectivity index (χ2v) is 5.95. The lowest BCUT2D eigenvalue weighted by molar-refractivity contribution is 0.414. The Labute approximate surface area is 109 Å². The van der Waals surface area contributed by atoms with E-state index in [4.69, 9.17) is 10.5 Å². The molecular weight excluding hydrogens is 272 g/mol. The Morgan fingerprint density at radius 2 is 2.11 bits per heavy atom. The molecule has 7 heteroatoms. The highest BCUT2D eigenvalue weighted by molar-refractivity contribution is 7.92. The molecule has 0 spiro atoms. The fraction of sp³-hybridized carbons (Fsp3) is 0.0909. The summed E-state index contributed by atoms with van der Waals surface area (Å²) in [5.41, 5.74) is 6.39. The van der Waals surface area contributed by atoms with E-state index in [2.05, 4.69) is 4.72 Å². The predicted molar refractivity (Wildman–Crippen MR) is 72.5 cm³/mol. The van der Waals surface area contributed by atoms with Crippen LogP contribution in [0.4, 0.5) is 11.4 Å². The minimum atomic E-state index is -3.66. The molecule has 0 unspecified atom stereocenters. The minimum absolute atomic E-state index is 0.0366. The Bertz CT molecular complexity index is 636. The zero-order valence-electron chi connectivity index (χ0n) is 9.58. The van der Waals surface area contributed by atoms with Gasteiger partial charge in [-0.2, -0.15) is 11.3 Å². The molecule has 2 aromatic rings. The van der Waals surface area contributed by atoms with Crippen molar-refractivity contribution in [2.75, 3.05) is 17.6 Å². The molecule has 0 saturated carbocycles. The van der Waals surface area contributed by atoms with Gasteiger partial charge in [-0.1, -0.05) is 0 Å². The van der Waals surface area contributed by atoms with Gasteiger partial charge in [0.1, 0.15) is 10.6 Å². The number of rotatable bonds is 4. The third-order valence-corrected chi connectivity index (χ3v) is 4.42. The molecule has 0 amide bonds. The summed E-state index contributed by atoms with van der Waals surface area (Å²) in [7, 11) is -2.17. The first kappa shape index (κ1) is 12.7. The van der Waals surface area contributed by atoms with Crippen LogP contribution in [0.1, 0.15) is 0 Å². The zero-order chi connectivity index (χ0) is 13.2. The largest absolute Gasteiger partial charge is 0.497 e. The summed E-state index contributed by atoms with van der Waals surface area (Å²) in [4.78, 5) is 0.0366. The van der Waals surface area contributed by atoms with Crippen LogP contribution >= 0.6 is 11.3 Å². The van der Waals surface area contributed by atoms with E-state index in [-0.39, 0.29) is 10.6 Å². The predicted octanol–water partition coefficient (Wildman–Crippen LogP) is 2.14. The first-order valence-electron chi connectivity index (χ1n) is 5.01. The van der Waals surface area contributed by atoms with Crippen molar-refractivity contribution >= 4 is 32.7 Å². The highest BCUT2D eigenvalue weighted by Crippen LogP contribution is 2.26. The lowest BCUT2D eigenvalue weighted by Gasteiger charge is -2.10. The van der Waals surface area contributed by atoms with E-state index in [1.807, 2.05) is 0 Å². The van der Waals surface area contributed by atoms with E-state index < -0.39 is 10.0 Å². The summed E-state index contributed by atoms with van der Waals surface area (Å²) in [5, 5.41) is 3.49. The monoisotopic (exact) mass is 284 g/mol. The molecule has 5 nitrogen and oxygen atoms in total. The molecule has 0 aliphatic rings. The minimum Gasteiger partial charge on any atom is -0.497 e. The number of sulfonamides is 1. The number of nitrogens with one attached hydrogen (secondary N) is 1. The number of methoxy groups -OCH3 is 1. The standard InChI is InChI=1S/C11H12N2O3S2/c1-16-9-2-3-11(10(12)6-9)18(14,15)13-8-4-5-17-7-8/h2-7,13H,12H2,1H3. The van der Waals surface area contributed by atoms with Crippen molar-refractivity contribution in [2.45, 2.75) is 4.90 Å². The van der Waals surface area contributed by atoms with Gasteiger partial charge in [0.2, 0.25) is 0 Å². The van der Waals surface area contributed by atoms with Gasteiger partial charge in [0.25, 0.3) is 10.0 Å². The Balaban J connectivity index is 2.35. The summed E-state index contributed by atoms with van der Waals surface area (Å²) in [6.45, 7) is 0. The van der Waals surface area contributed by atoms with Crippen LogP contribution in [0.3, 0.4) is 0 Å². The summed E-state index contributed by atoms with van der Waals surface area (Å²) in [5.74, 6) is 0.516. The van der Waals surface area contributed by atoms with Crippen LogP contribution in [0.25, 0.3) is 0 Å². The number of nitrogen functional groups attached to an aromatic ring is 1. The molecule has 96 valence electrons. The molecular formula is C11H12N2O3S2. The number of hydrogen-bond donors (Lipinski definition) is 2. The van der Waals surface area contributed by atoms with Crippen LogP contribution in [-0.4, -0.2) is 15.5 Å². The summed E-state index contributed by atoms with van der Waals surface area (Å²) < 4.78 is 31.6. The number of thiophene rings is 1. The molecule has 0 bridgehead atoms. The van der Waals surface area contributed by atoms with Crippen LogP contribution in [0.5, 0.6) is 5.75 Å². The quantitative estimate of drug-likeness (QED) is 0.843. The van der Waals surface area contributed by atoms with Gasteiger partial charge < -0.3 is 10.5 Å². The molecule has 0 aliphatic heterocycles. The van der Waals surface area contributed by atoms with Gasteiger partial charge in [-0.25, -0.2) is 8.42 Å². The van der Waals surface area contributed by atoms with Crippen LogP contribution in [0, 0.1) is 0 Å². The number of nitrogens with two attached hydrogens (primary N) is 1. The van der Waals surface area contributed by atoms with Gasteiger partial charge in [-0.3, -0.25) is 4.72 Å². The van der Waals surface area contributed by atoms with Gasteiger partial charge in [-0.15, -0.1) is 0 Å². The van der Waals surface area contributed by atoms with Crippen LogP contribution in [0.15, 0.2) is 39.9 Å². The van der Waals surface area contributed by atoms with Crippen molar-refractivity contribution in [2.24, 2.45) is 0 Å². The highest BCUT2D eigenvalue weighted by Gasteiger charge is 2.18. The van der Waals surface area contributed by atoms with E-state index in [9.17, 15) is 8.42 Å². The van der Waals surface area contributed by atoms with Crippen molar-refractivity contribution in [3.8, 4) is 5.75 Å². The second-order valence-electron chi connectivity index (χ2n) is 3.52. The fourth-order valence-electron chi connectivity index (χ4n) is 1.43. The number of hydrogen-bond acceptors (Lipinski definition) is 5. The highest BCUT2D eigenvalue weighted by atomic mass is 32.2. The van der Waals surface area contributed by atoms with Crippen molar-refractivity contribution in [3.05, 3.63) is 35.0 Å². The molecule has 18 heavy (non-hydrogen) atoms. The van der Waals surface area contributed by atoms with E-state index in [0.29, 0.717) is 11.4 Å². The Morgan fingerprint density at radius 1 is 1.33 bits per heavy atom. The van der Waals surface area contributed by atoms with Gasteiger partial charge >= 0.3 is 0 Å². The molecule has 1 aromatic carbocycles. The first-order chi connectivity index (χ1) is 8.53. The summed E-state index contributed by atoms with van der Waals surface area (Å²) in [6.07, 6.45) is 0. The maximum atomic E-state index is 12.1. The van der Waals surface area contributed by atoms with Crippen molar-refractivity contribution in [3.63, 3.8) is 0 Å². The van der Waals surface area contributed by atoms with E-state index in [1.165, 1.54) is 30.6 Å². The fourth-order valence-corrected chi connectivity index (χ4v) is 3.26. The average Bonchev–Trinajstić information content (AvgIpc) is 2.80. The zero-order valence-corrected chi connectivity index (χ0v) is 11.2. The Kier molecular flexibility index (Phi) is 3.44. The molecule has 0 atom stereocenters. The molecule has 1 heterocycles. The molecule has 3 N–H and O–H groups in total. The molecule has 0 saturated heterocycles. The van der Waals surface area contributed by atoms with Gasteiger partial charge in [0, 0.05) is 11.4 Å². The smallest absolute Gasteiger partial charge is 0.263 e. The van der Waals surface area contributed by atoms with Gasteiger partial charge in [0.15, 0.2) is 0 Å². The van der Waals surface area contributed by atoms with Crippen LogP contribution < -0.4 is 15.2 Å². The van der Waals surface area contributed by atoms with Crippen molar-refractivity contribution in [1.29, 1.82) is 0 Å². The van der Waals surface area contributed by atoms with E-state index >= 15 is 0 Å². The SMILES string of the molecule is COc1ccc(S(=O)(=O)Nc2ccsc2)c(N)c1. The van der Waals surface area contributed by atoms with Crippen molar-refractivity contribution in [1.82, 2.24) is 0 Å². The summed E-state index contributed by atoms with van der Waals surface area (Å²) in [6, 6.07) is 6.13. The third-order valence-electron chi connectivity index (χ3n) is 2.28. The number of benzene rings is 1. The molecule has 0 fully saturated rings. The van der Waals surface area contributed by atoms with Crippen molar-refractivity contribution < 1.29 is 13.2 Å². The lowest BCUT2D eigenvalue weighted by Crippen LogP contribution is -2.14. The Hall–Kier alpha value is -1.73. The lowest BCUT2D eigenvalue weighted by atomic mass is 10.3. The second kappa shape index (κ2) is 4.87. The van der Waals surface area contributed by atoms with Crippen LogP contribution in [-0.2, 0) is 10.0 Å². The number of anilines is 2. The maximum Gasteiger partial charge on any atom is 0.263 e. The molecule has 2 rings (SSSR count). The molecule has 0 aliphatic carbocycles. The van der Waals surface area contributed by atoms with Gasteiger partial charge in [-0.05, 0) is 23.6 Å². The topological polar surface area (TPSA) is 81.4 Å². The van der Waals surface area contributed by atoms with Gasteiger partial charge in [0.05, 0.1) is 18.5 Å². The average molecular weight is 284 g/mol. The first-order valence-corrected chi connectivity index (χ1v) is 7.44. The maximum absolute atomic E-state index is 12.1. The Morgan fingerprint density at radius 3 is 2.67 bits per heavy atom. The normalized spacial score (nSPS) is 11.2. The van der Waals surface area contributed by atoms with E-state index in [1.54, 1.807) is 22.9 Å². The van der Waals surface area contributed by atoms with Crippen LogP contribution in [0.2, 0.25) is 0 Å². The van der Waals surface area contributed by atoms with E-state index in [0.717, 1.165) is 0 Å². The molecule has 0 radical (unpaired) electrons. The molecule has 1 aromatic heterocycles. The number of ether oxygens (including phenoxy) is 1. The summed E-state index contributed by atoms with van der Waals surface area (Å²) >= 11 is 1.41. The third kappa shape index (κ3) is 2.57.